The second kappa shape index (κ2) is 5.74. The summed E-state index contributed by atoms with van der Waals surface area (Å²) in [5.41, 5.74) is -0.770. The zero-order valence-corrected chi connectivity index (χ0v) is 11.3. The Morgan fingerprint density at radius 3 is 2.60 bits per heavy atom. The molecular weight excluding hydrogens is 265 g/mol. The molecular formula is C15H17F3N2. The molecule has 1 saturated carbocycles. The lowest BCUT2D eigenvalue weighted by Crippen LogP contribution is -2.19. The maximum atomic E-state index is 12.9. The van der Waals surface area contributed by atoms with Gasteiger partial charge in [0.15, 0.2) is 0 Å². The summed E-state index contributed by atoms with van der Waals surface area (Å²) in [5, 5.41) is 11.9. The average molecular weight is 282 g/mol. The number of nitrogens with one attached hydrogen (secondary N) is 1. The number of alkyl halides is 3. The van der Waals surface area contributed by atoms with Crippen LogP contribution >= 0.6 is 0 Å². The van der Waals surface area contributed by atoms with E-state index in [0.29, 0.717) is 11.6 Å². The second-order valence-electron chi connectivity index (χ2n) is 5.30. The monoisotopic (exact) mass is 282 g/mol. The molecule has 0 aromatic heterocycles. The minimum Gasteiger partial charge on any atom is -0.382 e. The van der Waals surface area contributed by atoms with Crippen molar-refractivity contribution >= 4 is 5.69 Å². The van der Waals surface area contributed by atoms with Gasteiger partial charge >= 0.3 is 6.18 Å². The van der Waals surface area contributed by atoms with Crippen LogP contribution in [0.5, 0.6) is 0 Å². The molecule has 2 nitrogen and oxygen atoms in total. The van der Waals surface area contributed by atoms with Gasteiger partial charge in [-0.2, -0.15) is 18.4 Å². The number of halogens is 3. The van der Waals surface area contributed by atoms with Crippen molar-refractivity contribution in [2.24, 2.45) is 5.92 Å². The number of hydrogen-bond donors (Lipinski definition) is 1. The molecule has 1 aliphatic rings. The standard InChI is InChI=1S/C15H17F3N2/c1-2-12(7-10-3-4-10)20-13-6-5-11(9-19)14(8-13)15(16,17)18/h5-6,8,10,12,20H,2-4,7H2,1H3. The summed E-state index contributed by atoms with van der Waals surface area (Å²) in [6.07, 6.45) is -0.185. The van der Waals surface area contributed by atoms with Crippen LogP contribution in [0.2, 0.25) is 0 Å². The predicted octanol–water partition coefficient (Wildman–Crippen LogP) is 4.57. The Kier molecular flexibility index (Phi) is 4.22. The summed E-state index contributed by atoms with van der Waals surface area (Å²) >= 11 is 0. The Balaban J connectivity index is 2.17. The average Bonchev–Trinajstić information content (AvgIpc) is 3.20. The zero-order valence-electron chi connectivity index (χ0n) is 11.3. The normalized spacial score (nSPS) is 16.6. The van der Waals surface area contributed by atoms with E-state index in [1.807, 2.05) is 6.92 Å². The Morgan fingerprint density at radius 2 is 2.10 bits per heavy atom. The summed E-state index contributed by atoms with van der Waals surface area (Å²) in [7, 11) is 0. The SMILES string of the molecule is CCC(CC1CC1)Nc1ccc(C#N)c(C(F)(F)F)c1. The minimum absolute atomic E-state index is 0.191. The number of anilines is 1. The van der Waals surface area contributed by atoms with Gasteiger partial charge in [0, 0.05) is 11.7 Å². The largest absolute Gasteiger partial charge is 0.417 e. The van der Waals surface area contributed by atoms with Crippen molar-refractivity contribution in [3.05, 3.63) is 29.3 Å². The molecule has 5 heteroatoms. The molecule has 108 valence electrons. The van der Waals surface area contributed by atoms with Crippen molar-refractivity contribution in [2.75, 3.05) is 5.32 Å². The molecule has 2 rings (SSSR count). The fourth-order valence-corrected chi connectivity index (χ4v) is 2.29. The van der Waals surface area contributed by atoms with Crippen LogP contribution in [0.15, 0.2) is 18.2 Å². The highest BCUT2D eigenvalue weighted by Gasteiger charge is 2.34. The molecule has 0 radical (unpaired) electrons. The van der Waals surface area contributed by atoms with Gasteiger partial charge in [-0.1, -0.05) is 19.8 Å². The Bertz CT molecular complexity index is 513. The van der Waals surface area contributed by atoms with E-state index in [4.69, 9.17) is 5.26 Å². The molecule has 1 aromatic carbocycles. The van der Waals surface area contributed by atoms with Gasteiger partial charge in [0.1, 0.15) is 0 Å². The van der Waals surface area contributed by atoms with Crippen LogP contribution in [0.1, 0.15) is 43.7 Å². The smallest absolute Gasteiger partial charge is 0.382 e. The van der Waals surface area contributed by atoms with Gasteiger partial charge < -0.3 is 5.32 Å². The van der Waals surface area contributed by atoms with E-state index in [9.17, 15) is 13.2 Å². The quantitative estimate of drug-likeness (QED) is 0.858. The third kappa shape index (κ3) is 3.66. The molecule has 0 saturated heterocycles. The Hall–Kier alpha value is -1.70. The molecule has 0 spiro atoms. The molecule has 0 heterocycles. The summed E-state index contributed by atoms with van der Waals surface area (Å²) in [6.45, 7) is 2.02. The maximum Gasteiger partial charge on any atom is 0.417 e. The van der Waals surface area contributed by atoms with Gasteiger partial charge in [-0.15, -0.1) is 0 Å². The molecule has 1 fully saturated rings. The number of nitriles is 1. The molecule has 20 heavy (non-hydrogen) atoms. The zero-order chi connectivity index (χ0) is 14.8. The fourth-order valence-electron chi connectivity index (χ4n) is 2.29. The first kappa shape index (κ1) is 14.7. The first-order valence-electron chi connectivity index (χ1n) is 6.82. The van der Waals surface area contributed by atoms with Gasteiger partial charge in [-0.05, 0) is 37.0 Å². The third-order valence-corrected chi connectivity index (χ3v) is 3.62. The highest BCUT2D eigenvalue weighted by molar-refractivity contribution is 5.53. The van der Waals surface area contributed by atoms with Crippen LogP contribution in [0.25, 0.3) is 0 Å². The Labute approximate surface area is 116 Å². The van der Waals surface area contributed by atoms with E-state index in [2.05, 4.69) is 5.32 Å². The highest BCUT2D eigenvalue weighted by Crippen LogP contribution is 2.36. The van der Waals surface area contributed by atoms with Crippen LogP contribution in [0.3, 0.4) is 0 Å². The molecule has 0 bridgehead atoms. The molecule has 0 aliphatic heterocycles. The minimum atomic E-state index is -4.50. The topological polar surface area (TPSA) is 35.8 Å². The molecule has 0 amide bonds. The Morgan fingerprint density at radius 1 is 1.40 bits per heavy atom. The molecule has 1 N–H and O–H groups in total. The second-order valence-corrected chi connectivity index (χ2v) is 5.30. The van der Waals surface area contributed by atoms with Crippen molar-refractivity contribution in [1.82, 2.24) is 0 Å². The fraction of sp³-hybridized carbons (Fsp3) is 0.533. The first-order valence-corrected chi connectivity index (χ1v) is 6.82. The highest BCUT2D eigenvalue weighted by atomic mass is 19.4. The number of hydrogen-bond acceptors (Lipinski definition) is 2. The van der Waals surface area contributed by atoms with Crippen LogP contribution in [-0.4, -0.2) is 6.04 Å². The van der Waals surface area contributed by atoms with Gasteiger partial charge in [-0.3, -0.25) is 0 Å². The van der Waals surface area contributed by atoms with Crippen molar-refractivity contribution in [2.45, 2.75) is 44.8 Å². The van der Waals surface area contributed by atoms with Gasteiger partial charge in [0.05, 0.1) is 17.2 Å². The number of nitrogens with zero attached hydrogens (tertiary/aromatic N) is 1. The van der Waals surface area contributed by atoms with E-state index in [0.717, 1.165) is 18.9 Å². The van der Waals surface area contributed by atoms with Crippen molar-refractivity contribution in [1.29, 1.82) is 5.26 Å². The molecule has 1 aliphatic carbocycles. The van der Waals surface area contributed by atoms with E-state index >= 15 is 0 Å². The summed E-state index contributed by atoms with van der Waals surface area (Å²) in [6, 6.07) is 5.59. The molecule has 1 atom stereocenters. The lowest BCUT2D eigenvalue weighted by molar-refractivity contribution is -0.137. The molecule has 1 unspecified atom stereocenters. The van der Waals surface area contributed by atoms with Gasteiger partial charge in [0.2, 0.25) is 0 Å². The van der Waals surface area contributed by atoms with E-state index < -0.39 is 11.7 Å². The number of rotatable bonds is 5. The van der Waals surface area contributed by atoms with Crippen LogP contribution in [-0.2, 0) is 6.18 Å². The summed E-state index contributed by atoms with van der Waals surface area (Å²) in [4.78, 5) is 0. The maximum absolute atomic E-state index is 12.9. The van der Waals surface area contributed by atoms with Crippen molar-refractivity contribution in [3.8, 4) is 6.07 Å². The third-order valence-electron chi connectivity index (χ3n) is 3.62. The lowest BCUT2D eigenvalue weighted by Gasteiger charge is -2.19. The van der Waals surface area contributed by atoms with Crippen molar-refractivity contribution < 1.29 is 13.2 Å². The van der Waals surface area contributed by atoms with Crippen molar-refractivity contribution in [3.63, 3.8) is 0 Å². The van der Waals surface area contributed by atoms with E-state index in [1.165, 1.54) is 18.9 Å². The van der Waals surface area contributed by atoms with E-state index in [-0.39, 0.29) is 11.6 Å². The van der Waals surface area contributed by atoms with Crippen LogP contribution < -0.4 is 5.32 Å². The summed E-state index contributed by atoms with van der Waals surface area (Å²) in [5.74, 6) is 0.716. The van der Waals surface area contributed by atoms with Crippen LogP contribution in [0.4, 0.5) is 18.9 Å². The van der Waals surface area contributed by atoms with Gasteiger partial charge in [0.25, 0.3) is 0 Å². The molecule has 1 aromatic rings. The summed E-state index contributed by atoms with van der Waals surface area (Å²) < 4.78 is 38.6. The number of benzene rings is 1. The predicted molar refractivity (Wildman–Crippen MR) is 71.2 cm³/mol. The lowest BCUT2D eigenvalue weighted by atomic mass is 10.0. The van der Waals surface area contributed by atoms with E-state index in [1.54, 1.807) is 12.1 Å². The first-order chi connectivity index (χ1) is 9.44. The van der Waals surface area contributed by atoms with Gasteiger partial charge in [-0.25, -0.2) is 0 Å². The van der Waals surface area contributed by atoms with Crippen LogP contribution in [0, 0.1) is 17.2 Å².